The van der Waals surface area contributed by atoms with Crippen molar-refractivity contribution >= 4 is 28.3 Å². The summed E-state index contributed by atoms with van der Waals surface area (Å²) in [5, 5.41) is 7.67. The first kappa shape index (κ1) is 21.7. The van der Waals surface area contributed by atoms with Gasteiger partial charge in [0.15, 0.2) is 22.3 Å². The molecule has 12 heteroatoms. The van der Waals surface area contributed by atoms with E-state index in [1.165, 1.54) is 0 Å². The normalized spacial score (nSPS) is 11.0. The number of nitrogen functional groups attached to an aromatic ring is 1. The molecule has 0 aliphatic carbocycles. The molecule has 0 unspecified atom stereocenters. The molecule has 4 rings (SSSR count). The van der Waals surface area contributed by atoms with Gasteiger partial charge < -0.3 is 15.3 Å². The smallest absolute Gasteiger partial charge is 0.281 e. The number of H-pyrrole nitrogens is 2. The summed E-state index contributed by atoms with van der Waals surface area (Å²) in [6, 6.07) is 0.349. The van der Waals surface area contributed by atoms with E-state index in [1.54, 1.807) is 22.5 Å². The van der Waals surface area contributed by atoms with E-state index in [0.29, 0.717) is 28.2 Å². The summed E-state index contributed by atoms with van der Waals surface area (Å²) in [4.78, 5) is 40.0. The number of hydrogen-bond acceptors (Lipinski definition) is 8. The van der Waals surface area contributed by atoms with Gasteiger partial charge in [0.1, 0.15) is 5.82 Å². The molecule has 4 aromatic rings. The fraction of sp³-hybridized carbons (Fsp3) is 0.471. The number of aromatic amines is 2. The lowest BCUT2D eigenvalue weighted by Gasteiger charge is -2.06. The number of nitrogens with zero attached hydrogens (tertiary/aromatic N) is 7. The van der Waals surface area contributed by atoms with E-state index in [2.05, 4.69) is 35.2 Å². The number of hydrogen-bond donors (Lipinski definition) is 3. The van der Waals surface area contributed by atoms with Gasteiger partial charge in [-0.1, -0.05) is 12.6 Å². The van der Waals surface area contributed by atoms with Gasteiger partial charge in [-0.25, -0.2) is 14.6 Å². The molecule has 0 amide bonds. The SMILES string of the molecule is C.CC(C)n1cnc2c(=O)[nH]c(N)nc21.Cc1nc2c(nnn2C(C)C)c(=O)[nH]1. The molecule has 0 aromatic carbocycles. The molecule has 0 radical (unpaired) electrons. The molecule has 4 heterocycles. The van der Waals surface area contributed by atoms with Crippen LogP contribution in [0.3, 0.4) is 0 Å². The lowest BCUT2D eigenvalue weighted by molar-refractivity contribution is 0.526. The molecule has 0 atom stereocenters. The third-order valence-electron chi connectivity index (χ3n) is 3.95. The number of anilines is 1. The van der Waals surface area contributed by atoms with Crippen molar-refractivity contribution in [1.29, 1.82) is 0 Å². The summed E-state index contributed by atoms with van der Waals surface area (Å²) in [5.74, 6) is 0.691. The Morgan fingerprint density at radius 3 is 2.24 bits per heavy atom. The minimum absolute atomic E-state index is 0. The summed E-state index contributed by atoms with van der Waals surface area (Å²) in [7, 11) is 0. The van der Waals surface area contributed by atoms with Gasteiger partial charge in [0, 0.05) is 6.04 Å². The van der Waals surface area contributed by atoms with E-state index in [9.17, 15) is 9.59 Å². The van der Waals surface area contributed by atoms with Crippen molar-refractivity contribution in [3.63, 3.8) is 0 Å². The summed E-state index contributed by atoms with van der Waals surface area (Å²) in [6.07, 6.45) is 1.59. The predicted molar refractivity (Wildman–Crippen MR) is 111 cm³/mol. The van der Waals surface area contributed by atoms with Gasteiger partial charge in [-0.05, 0) is 34.6 Å². The number of nitrogens with two attached hydrogens (primary N) is 1. The van der Waals surface area contributed by atoms with Crippen LogP contribution in [0.15, 0.2) is 15.9 Å². The van der Waals surface area contributed by atoms with Crippen molar-refractivity contribution in [2.75, 3.05) is 5.73 Å². The predicted octanol–water partition coefficient (Wildman–Crippen LogP) is 1.32. The van der Waals surface area contributed by atoms with Crippen molar-refractivity contribution in [2.24, 2.45) is 0 Å². The molecule has 0 fully saturated rings. The Kier molecular flexibility index (Phi) is 6.15. The highest BCUT2D eigenvalue weighted by Gasteiger charge is 2.12. The van der Waals surface area contributed by atoms with Gasteiger partial charge in [-0.15, -0.1) is 5.10 Å². The van der Waals surface area contributed by atoms with E-state index >= 15 is 0 Å². The molecular formula is C17H26N10O2. The molecule has 156 valence electrons. The summed E-state index contributed by atoms with van der Waals surface area (Å²) in [6.45, 7) is 9.64. The quantitative estimate of drug-likeness (QED) is 0.451. The van der Waals surface area contributed by atoms with Gasteiger partial charge in [-0.2, -0.15) is 4.98 Å². The molecule has 0 saturated heterocycles. The van der Waals surface area contributed by atoms with Crippen LogP contribution < -0.4 is 16.9 Å². The van der Waals surface area contributed by atoms with Crippen molar-refractivity contribution < 1.29 is 0 Å². The molecule has 0 aliphatic heterocycles. The Labute approximate surface area is 166 Å². The van der Waals surface area contributed by atoms with E-state index in [0.717, 1.165) is 0 Å². The highest BCUT2D eigenvalue weighted by Crippen LogP contribution is 2.12. The van der Waals surface area contributed by atoms with Crippen LogP contribution in [-0.2, 0) is 0 Å². The minimum Gasteiger partial charge on any atom is -0.369 e. The van der Waals surface area contributed by atoms with Gasteiger partial charge in [0.25, 0.3) is 11.1 Å². The zero-order chi connectivity index (χ0) is 20.6. The van der Waals surface area contributed by atoms with Gasteiger partial charge in [-0.3, -0.25) is 14.6 Å². The molecule has 12 nitrogen and oxygen atoms in total. The number of aromatic nitrogens is 9. The van der Waals surface area contributed by atoms with Crippen LogP contribution in [0.2, 0.25) is 0 Å². The maximum Gasteiger partial charge on any atom is 0.281 e. The van der Waals surface area contributed by atoms with E-state index in [4.69, 9.17) is 5.73 Å². The Morgan fingerprint density at radius 2 is 1.62 bits per heavy atom. The number of fused-ring (bicyclic) bond motifs is 2. The lowest BCUT2D eigenvalue weighted by Crippen LogP contribution is -2.12. The minimum atomic E-state index is -0.299. The molecular weight excluding hydrogens is 376 g/mol. The Hall–Kier alpha value is -3.57. The second kappa shape index (κ2) is 8.20. The molecule has 0 aliphatic rings. The second-order valence-electron chi connectivity index (χ2n) is 6.82. The van der Waals surface area contributed by atoms with Crippen LogP contribution >= 0.6 is 0 Å². The monoisotopic (exact) mass is 402 g/mol. The van der Waals surface area contributed by atoms with Crippen LogP contribution in [0.1, 0.15) is 53.0 Å². The lowest BCUT2D eigenvalue weighted by atomic mass is 10.4. The largest absolute Gasteiger partial charge is 0.369 e. The van der Waals surface area contributed by atoms with Crippen molar-refractivity contribution in [2.45, 2.75) is 54.1 Å². The average Bonchev–Trinajstić information content (AvgIpc) is 3.19. The highest BCUT2D eigenvalue weighted by atomic mass is 16.1. The zero-order valence-electron chi connectivity index (χ0n) is 16.3. The third-order valence-corrected chi connectivity index (χ3v) is 3.95. The maximum atomic E-state index is 11.4. The first-order valence-corrected chi connectivity index (χ1v) is 8.73. The number of aryl methyl sites for hydroxylation is 1. The third kappa shape index (κ3) is 4.15. The van der Waals surface area contributed by atoms with Gasteiger partial charge in [0.05, 0.1) is 12.4 Å². The Morgan fingerprint density at radius 1 is 0.966 bits per heavy atom. The maximum absolute atomic E-state index is 11.4. The Balaban J connectivity index is 0.000000200. The first-order valence-electron chi connectivity index (χ1n) is 8.73. The van der Waals surface area contributed by atoms with Crippen LogP contribution in [0.4, 0.5) is 5.95 Å². The van der Waals surface area contributed by atoms with Crippen molar-refractivity contribution in [1.82, 2.24) is 44.5 Å². The summed E-state index contributed by atoms with van der Waals surface area (Å²) < 4.78 is 3.44. The first-order chi connectivity index (χ1) is 13.2. The van der Waals surface area contributed by atoms with Crippen molar-refractivity contribution in [3.8, 4) is 0 Å². The number of nitrogens with one attached hydrogen (secondary N) is 2. The number of imidazole rings is 1. The fourth-order valence-corrected chi connectivity index (χ4v) is 2.62. The molecule has 4 aromatic heterocycles. The van der Waals surface area contributed by atoms with E-state index in [-0.39, 0.29) is 36.6 Å². The van der Waals surface area contributed by atoms with Crippen LogP contribution in [0.25, 0.3) is 22.3 Å². The molecule has 29 heavy (non-hydrogen) atoms. The second-order valence-corrected chi connectivity index (χ2v) is 6.82. The van der Waals surface area contributed by atoms with Gasteiger partial charge >= 0.3 is 0 Å². The average molecular weight is 402 g/mol. The van der Waals surface area contributed by atoms with Crippen molar-refractivity contribution in [3.05, 3.63) is 32.9 Å². The van der Waals surface area contributed by atoms with Gasteiger partial charge in [0.2, 0.25) is 5.95 Å². The topological polar surface area (TPSA) is 166 Å². The fourth-order valence-electron chi connectivity index (χ4n) is 2.62. The number of rotatable bonds is 2. The van der Waals surface area contributed by atoms with Crippen LogP contribution in [0.5, 0.6) is 0 Å². The van der Waals surface area contributed by atoms with Crippen LogP contribution in [0, 0.1) is 6.92 Å². The highest BCUT2D eigenvalue weighted by molar-refractivity contribution is 5.70. The molecule has 0 bridgehead atoms. The molecule has 0 saturated carbocycles. The standard InChI is InChI=1S/2C8H11N5O.CH4/c1-4(2)13-3-10-5-6(13)11-8(9)12-7(5)14;1-4(2)13-7-6(11-12-13)8(14)10-5(3)9-7;/h3-4H,1-2H3,(H3,9,11,12,14);4H,1-3H3,(H,9,10,14);1H4. The van der Waals surface area contributed by atoms with Crippen LogP contribution in [-0.4, -0.2) is 44.5 Å². The summed E-state index contributed by atoms with van der Waals surface area (Å²) >= 11 is 0. The Bertz CT molecular complexity index is 1150. The van der Waals surface area contributed by atoms with E-state index < -0.39 is 0 Å². The zero-order valence-corrected chi connectivity index (χ0v) is 16.3. The molecule has 4 N–H and O–H groups in total. The molecule has 0 spiro atoms. The summed E-state index contributed by atoms with van der Waals surface area (Å²) in [5.41, 5.74) is 6.60. The van der Waals surface area contributed by atoms with E-state index in [1.807, 2.05) is 27.7 Å².